The molecule has 2 atom stereocenters. The Morgan fingerprint density at radius 1 is 1.07 bits per heavy atom. The number of aliphatic hydroxyl groups is 1. The van der Waals surface area contributed by atoms with Gasteiger partial charge >= 0.3 is 0 Å². The van der Waals surface area contributed by atoms with Gasteiger partial charge < -0.3 is 5.11 Å². The average Bonchev–Trinajstić information content (AvgIpc) is 2.01. The smallest absolute Gasteiger partial charge is 0.0456 e. The summed E-state index contributed by atoms with van der Waals surface area (Å²) in [4.78, 5) is 0. The second kappa shape index (κ2) is 5.75. The van der Waals surface area contributed by atoms with Crippen molar-refractivity contribution in [3.63, 3.8) is 0 Å². The van der Waals surface area contributed by atoms with Gasteiger partial charge in [-0.15, -0.1) is 0 Å². The zero-order valence-electron chi connectivity index (χ0n) is 10.8. The Morgan fingerprint density at radius 2 is 1.57 bits per heavy atom. The van der Waals surface area contributed by atoms with E-state index in [1.54, 1.807) is 0 Å². The molecule has 0 rings (SSSR count). The van der Waals surface area contributed by atoms with Crippen LogP contribution in [0.4, 0.5) is 0 Å². The molecule has 0 fully saturated rings. The van der Waals surface area contributed by atoms with E-state index in [-0.39, 0.29) is 0 Å². The summed E-state index contributed by atoms with van der Waals surface area (Å²) in [5.41, 5.74) is 0.400. The molecule has 0 saturated carbocycles. The van der Waals surface area contributed by atoms with Crippen LogP contribution in [-0.4, -0.2) is 11.7 Å². The average molecular weight is 200 g/mol. The first-order valence-corrected chi connectivity index (χ1v) is 5.90. The second-order valence-corrected chi connectivity index (χ2v) is 6.01. The highest BCUT2D eigenvalue weighted by Crippen LogP contribution is 2.37. The Bertz CT molecular complexity index is 149. The summed E-state index contributed by atoms with van der Waals surface area (Å²) in [5.74, 6) is 1.89. The minimum absolute atomic E-state index is 0.322. The Hall–Kier alpha value is -0.0400. The molecule has 0 heterocycles. The summed E-state index contributed by atoms with van der Waals surface area (Å²) >= 11 is 0. The molecule has 0 radical (unpaired) electrons. The van der Waals surface area contributed by atoms with E-state index in [1.165, 1.54) is 6.42 Å². The Labute approximate surface area is 89.9 Å². The lowest BCUT2D eigenvalue weighted by atomic mass is 9.71. The molecule has 1 heteroatoms. The topological polar surface area (TPSA) is 20.2 Å². The molecule has 0 aromatic rings. The van der Waals surface area contributed by atoms with Crippen molar-refractivity contribution >= 4 is 0 Å². The van der Waals surface area contributed by atoms with Gasteiger partial charge in [-0.25, -0.2) is 0 Å². The maximum Gasteiger partial charge on any atom is 0.0456 e. The maximum atomic E-state index is 9.03. The zero-order valence-corrected chi connectivity index (χ0v) is 10.8. The van der Waals surface area contributed by atoms with Gasteiger partial charge in [0.15, 0.2) is 0 Å². The van der Waals surface area contributed by atoms with Gasteiger partial charge in [-0.1, -0.05) is 41.5 Å². The zero-order chi connectivity index (χ0) is 11.4. The fourth-order valence-electron chi connectivity index (χ4n) is 2.25. The van der Waals surface area contributed by atoms with Crippen LogP contribution in [0.3, 0.4) is 0 Å². The van der Waals surface area contributed by atoms with Gasteiger partial charge in [-0.3, -0.25) is 0 Å². The second-order valence-electron chi connectivity index (χ2n) is 6.01. The molecule has 0 saturated heterocycles. The highest BCUT2D eigenvalue weighted by molar-refractivity contribution is 4.77. The fraction of sp³-hybridized carbons (Fsp3) is 1.00. The van der Waals surface area contributed by atoms with Gasteiger partial charge in [-0.2, -0.15) is 0 Å². The van der Waals surface area contributed by atoms with Gasteiger partial charge in [0.25, 0.3) is 0 Å². The molecule has 1 nitrogen and oxygen atoms in total. The predicted octanol–water partition coefficient (Wildman–Crippen LogP) is 3.71. The van der Waals surface area contributed by atoms with E-state index >= 15 is 0 Å². The van der Waals surface area contributed by atoms with Crippen molar-refractivity contribution in [2.24, 2.45) is 23.2 Å². The normalized spacial score (nSPS) is 17.1. The minimum atomic E-state index is 0.322. The van der Waals surface area contributed by atoms with Crippen LogP contribution in [0, 0.1) is 23.2 Å². The fourth-order valence-corrected chi connectivity index (χ4v) is 2.25. The molecule has 0 aliphatic heterocycles. The number of rotatable bonds is 6. The van der Waals surface area contributed by atoms with E-state index in [4.69, 9.17) is 5.11 Å². The van der Waals surface area contributed by atoms with Crippen molar-refractivity contribution < 1.29 is 5.11 Å². The van der Waals surface area contributed by atoms with Gasteiger partial charge in [0.1, 0.15) is 0 Å². The first-order valence-electron chi connectivity index (χ1n) is 5.90. The summed E-state index contributed by atoms with van der Waals surface area (Å²) in [7, 11) is 0. The molecule has 1 N–H and O–H groups in total. The molecule has 0 aromatic carbocycles. The lowest BCUT2D eigenvalue weighted by Gasteiger charge is -2.34. The Morgan fingerprint density at radius 3 is 1.93 bits per heavy atom. The van der Waals surface area contributed by atoms with Crippen LogP contribution in [0.5, 0.6) is 0 Å². The van der Waals surface area contributed by atoms with E-state index in [9.17, 15) is 0 Å². The molecule has 0 bridgehead atoms. The number of hydrogen-bond acceptors (Lipinski definition) is 1. The van der Waals surface area contributed by atoms with Crippen molar-refractivity contribution in [2.75, 3.05) is 6.61 Å². The lowest BCUT2D eigenvalue weighted by Crippen LogP contribution is -2.25. The third-order valence-corrected chi connectivity index (χ3v) is 3.34. The summed E-state index contributed by atoms with van der Waals surface area (Å²) < 4.78 is 0. The molecule has 0 amide bonds. The van der Waals surface area contributed by atoms with Crippen LogP contribution in [0.25, 0.3) is 0 Å². The van der Waals surface area contributed by atoms with Crippen LogP contribution < -0.4 is 0 Å². The van der Waals surface area contributed by atoms with Gasteiger partial charge in [0.05, 0.1) is 0 Å². The maximum absolute atomic E-state index is 9.03. The van der Waals surface area contributed by atoms with Gasteiger partial charge in [0.2, 0.25) is 0 Å². The molecule has 0 aliphatic carbocycles. The van der Waals surface area contributed by atoms with E-state index in [0.29, 0.717) is 23.9 Å². The van der Waals surface area contributed by atoms with Crippen LogP contribution in [-0.2, 0) is 0 Å². The van der Waals surface area contributed by atoms with Crippen LogP contribution in [0.15, 0.2) is 0 Å². The van der Waals surface area contributed by atoms with Crippen molar-refractivity contribution in [1.82, 2.24) is 0 Å². The van der Waals surface area contributed by atoms with Gasteiger partial charge in [0, 0.05) is 6.61 Å². The van der Waals surface area contributed by atoms with Crippen molar-refractivity contribution in [3.8, 4) is 0 Å². The first kappa shape index (κ1) is 14.0. The summed E-state index contributed by atoms with van der Waals surface area (Å²) in [6.07, 6.45) is 2.41. The molecule has 14 heavy (non-hydrogen) atoms. The molecule has 86 valence electrons. The van der Waals surface area contributed by atoms with Crippen LogP contribution in [0.1, 0.15) is 54.4 Å². The van der Waals surface area contributed by atoms with Gasteiger partial charge in [-0.05, 0) is 36.0 Å². The summed E-state index contributed by atoms with van der Waals surface area (Å²) in [6.45, 7) is 14.0. The van der Waals surface area contributed by atoms with Crippen molar-refractivity contribution in [2.45, 2.75) is 54.4 Å². The van der Waals surface area contributed by atoms with Crippen molar-refractivity contribution in [1.29, 1.82) is 0 Å². The standard InChI is InChI=1S/C13H28O/c1-10(2)8-13(5,6)12(4)7-11(3)9-14/h10-12,14H,7-9H2,1-6H3. The monoisotopic (exact) mass is 200 g/mol. The SMILES string of the molecule is CC(C)CC(C)(C)C(C)CC(C)CO. The molecule has 0 aromatic heterocycles. The van der Waals surface area contributed by atoms with E-state index in [2.05, 4.69) is 41.5 Å². The Balaban J connectivity index is 4.13. The van der Waals surface area contributed by atoms with E-state index in [0.717, 1.165) is 12.3 Å². The highest BCUT2D eigenvalue weighted by atomic mass is 16.3. The highest BCUT2D eigenvalue weighted by Gasteiger charge is 2.27. The first-order chi connectivity index (χ1) is 6.29. The lowest BCUT2D eigenvalue weighted by molar-refractivity contribution is 0.134. The Kier molecular flexibility index (Phi) is 5.73. The molecule has 2 unspecified atom stereocenters. The summed E-state index contributed by atoms with van der Waals surface area (Å²) in [6, 6.07) is 0. The van der Waals surface area contributed by atoms with Crippen LogP contribution >= 0.6 is 0 Å². The minimum Gasteiger partial charge on any atom is -0.396 e. The predicted molar refractivity (Wildman–Crippen MR) is 63.3 cm³/mol. The molecular weight excluding hydrogens is 172 g/mol. The molecular formula is C13H28O. The van der Waals surface area contributed by atoms with E-state index in [1.807, 2.05) is 0 Å². The molecule has 0 spiro atoms. The third kappa shape index (κ3) is 4.99. The van der Waals surface area contributed by atoms with Crippen LogP contribution in [0.2, 0.25) is 0 Å². The molecule has 0 aliphatic rings. The number of hydrogen-bond donors (Lipinski definition) is 1. The van der Waals surface area contributed by atoms with E-state index < -0.39 is 0 Å². The quantitative estimate of drug-likeness (QED) is 0.693. The third-order valence-electron chi connectivity index (χ3n) is 3.34. The summed E-state index contributed by atoms with van der Waals surface area (Å²) in [5, 5.41) is 9.03. The number of aliphatic hydroxyl groups excluding tert-OH is 1. The van der Waals surface area contributed by atoms with Crippen molar-refractivity contribution in [3.05, 3.63) is 0 Å². The largest absolute Gasteiger partial charge is 0.396 e.